The third-order valence-electron chi connectivity index (χ3n) is 2.77. The van der Waals surface area contributed by atoms with Crippen LogP contribution in [0, 0.1) is 0 Å². The molecule has 5 nitrogen and oxygen atoms in total. The Hall–Kier alpha value is -1.14. The summed E-state index contributed by atoms with van der Waals surface area (Å²) < 4.78 is 36.5. The molecule has 0 saturated heterocycles. The van der Waals surface area contributed by atoms with E-state index in [1.807, 2.05) is 13.8 Å². The van der Waals surface area contributed by atoms with Crippen molar-refractivity contribution in [3.63, 3.8) is 0 Å². The molecule has 96 valence electrons. The summed E-state index contributed by atoms with van der Waals surface area (Å²) in [5.41, 5.74) is 0.503. The van der Waals surface area contributed by atoms with Gasteiger partial charge in [0.25, 0.3) is 10.0 Å². The maximum absolute atomic E-state index is 11.1. The van der Waals surface area contributed by atoms with Gasteiger partial charge in [-0.2, -0.15) is 4.40 Å². The summed E-state index contributed by atoms with van der Waals surface area (Å²) in [5.74, 6) is 0.530. The first-order valence-electron chi connectivity index (χ1n) is 5.03. The zero-order valence-electron chi connectivity index (χ0n) is 10.6. The summed E-state index contributed by atoms with van der Waals surface area (Å²) in [7, 11) is -0.334. The van der Waals surface area contributed by atoms with Crippen molar-refractivity contribution in [1.82, 2.24) is 0 Å². The van der Waals surface area contributed by atoms with Crippen molar-refractivity contribution in [3.8, 4) is 0 Å². The third kappa shape index (κ3) is 2.95. The Balaban J connectivity index is 3.30. The van der Waals surface area contributed by atoms with Crippen LogP contribution in [0.15, 0.2) is 27.9 Å². The van der Waals surface area contributed by atoms with Gasteiger partial charge >= 0.3 is 0 Å². The summed E-state index contributed by atoms with van der Waals surface area (Å²) in [6.45, 7) is 3.69. The Morgan fingerprint density at radius 3 is 2.29 bits per heavy atom. The van der Waals surface area contributed by atoms with E-state index in [0.717, 1.165) is 11.8 Å². The Labute approximate surface area is 102 Å². The van der Waals surface area contributed by atoms with Gasteiger partial charge in [0.15, 0.2) is 0 Å². The third-order valence-corrected chi connectivity index (χ3v) is 3.31. The summed E-state index contributed by atoms with van der Waals surface area (Å²) in [6.07, 6.45) is 4.29. The topological polar surface area (TPSA) is 65.0 Å². The van der Waals surface area contributed by atoms with Crippen LogP contribution < -0.4 is 0 Å². The van der Waals surface area contributed by atoms with Gasteiger partial charge in [-0.25, -0.2) is 8.42 Å². The highest BCUT2D eigenvalue weighted by Crippen LogP contribution is 2.32. The first-order chi connectivity index (χ1) is 7.73. The molecule has 0 aromatic carbocycles. The summed E-state index contributed by atoms with van der Waals surface area (Å²) in [4.78, 5) is 0. The number of nitrogens with zero attached hydrogens (tertiary/aromatic N) is 1. The van der Waals surface area contributed by atoms with E-state index in [4.69, 9.17) is 9.47 Å². The average molecular weight is 259 g/mol. The van der Waals surface area contributed by atoms with Gasteiger partial charge in [0, 0.05) is 13.2 Å². The van der Waals surface area contributed by atoms with Crippen LogP contribution in [-0.2, 0) is 19.5 Å². The van der Waals surface area contributed by atoms with Gasteiger partial charge < -0.3 is 9.47 Å². The molecule has 0 aliphatic heterocycles. The standard InChI is InChI=1S/C11H17NO4S/c1-8-6-9(12-17(5,13)14)7-10(15-3)11(8,2)16-4/h6-7H,1-5H3. The van der Waals surface area contributed by atoms with Crippen LogP contribution in [0.2, 0.25) is 0 Å². The van der Waals surface area contributed by atoms with Gasteiger partial charge in [-0.3, -0.25) is 0 Å². The lowest BCUT2D eigenvalue weighted by molar-refractivity contribution is 0.0231. The molecule has 0 amide bonds. The number of methoxy groups -OCH3 is 2. The zero-order chi connectivity index (χ0) is 13.3. The number of rotatable bonds is 3. The van der Waals surface area contributed by atoms with E-state index in [2.05, 4.69) is 4.40 Å². The number of ether oxygens (including phenoxy) is 2. The molecule has 0 radical (unpaired) electrons. The number of hydrogen-bond donors (Lipinski definition) is 0. The lowest BCUT2D eigenvalue weighted by Crippen LogP contribution is -2.35. The first kappa shape index (κ1) is 13.9. The molecule has 0 heterocycles. The van der Waals surface area contributed by atoms with Crippen LogP contribution in [0.5, 0.6) is 0 Å². The molecule has 1 aliphatic carbocycles. The number of hydrogen-bond acceptors (Lipinski definition) is 4. The molecule has 0 fully saturated rings. The molecule has 0 aromatic heterocycles. The van der Waals surface area contributed by atoms with Gasteiger partial charge in [0.05, 0.1) is 19.1 Å². The quantitative estimate of drug-likeness (QED) is 0.766. The zero-order valence-corrected chi connectivity index (χ0v) is 11.5. The fraction of sp³-hybridized carbons (Fsp3) is 0.545. The largest absolute Gasteiger partial charge is 0.498 e. The number of sulfonamides is 1. The highest BCUT2D eigenvalue weighted by molar-refractivity contribution is 7.89. The Kier molecular flexibility index (Phi) is 3.78. The smallest absolute Gasteiger partial charge is 0.250 e. The van der Waals surface area contributed by atoms with Crippen LogP contribution in [0.3, 0.4) is 0 Å². The van der Waals surface area contributed by atoms with Crippen molar-refractivity contribution < 1.29 is 17.9 Å². The van der Waals surface area contributed by atoms with Gasteiger partial charge in [-0.15, -0.1) is 0 Å². The van der Waals surface area contributed by atoms with Crippen LogP contribution >= 0.6 is 0 Å². The Bertz CT molecular complexity index is 502. The molecule has 0 aromatic rings. The Morgan fingerprint density at radius 1 is 1.29 bits per heavy atom. The minimum atomic E-state index is -3.42. The van der Waals surface area contributed by atoms with E-state index >= 15 is 0 Å². The summed E-state index contributed by atoms with van der Waals surface area (Å²) in [5, 5.41) is 0. The maximum Gasteiger partial charge on any atom is 0.250 e. The minimum absolute atomic E-state index is 0.344. The van der Waals surface area contributed by atoms with Gasteiger partial charge in [0.2, 0.25) is 0 Å². The molecule has 1 aliphatic rings. The van der Waals surface area contributed by atoms with Crippen molar-refractivity contribution in [3.05, 3.63) is 23.5 Å². The lowest BCUT2D eigenvalue weighted by atomic mass is 9.88. The van der Waals surface area contributed by atoms with E-state index in [-0.39, 0.29) is 0 Å². The second-order valence-corrected chi connectivity index (χ2v) is 5.68. The SMILES string of the molecule is COC1=CC(=NS(C)(=O)=O)C=C(C)C1(C)OC. The number of allylic oxidation sites excluding steroid dienone is 2. The second-order valence-electron chi connectivity index (χ2n) is 4.03. The van der Waals surface area contributed by atoms with Crippen molar-refractivity contribution in [1.29, 1.82) is 0 Å². The molecule has 0 bridgehead atoms. The maximum atomic E-state index is 11.1. The van der Waals surface area contributed by atoms with Crippen molar-refractivity contribution in [2.75, 3.05) is 20.5 Å². The fourth-order valence-electron chi connectivity index (χ4n) is 1.63. The van der Waals surface area contributed by atoms with Crippen molar-refractivity contribution in [2.45, 2.75) is 19.4 Å². The molecular formula is C11H17NO4S. The molecule has 6 heteroatoms. The minimum Gasteiger partial charge on any atom is -0.498 e. The second kappa shape index (κ2) is 4.62. The van der Waals surface area contributed by atoms with Gasteiger partial charge in [-0.1, -0.05) is 0 Å². The normalized spacial score (nSPS) is 27.7. The van der Waals surface area contributed by atoms with Crippen LogP contribution in [0.25, 0.3) is 0 Å². The molecule has 17 heavy (non-hydrogen) atoms. The van der Waals surface area contributed by atoms with E-state index in [0.29, 0.717) is 11.5 Å². The predicted molar refractivity (Wildman–Crippen MR) is 66.5 cm³/mol. The molecule has 1 atom stereocenters. The summed E-state index contributed by atoms with van der Waals surface area (Å²) in [6, 6.07) is 0. The average Bonchev–Trinajstić information content (AvgIpc) is 2.20. The molecule has 1 rings (SSSR count). The fourth-order valence-corrected chi connectivity index (χ4v) is 2.12. The molecule has 1 unspecified atom stereocenters. The lowest BCUT2D eigenvalue weighted by Gasteiger charge is -2.33. The van der Waals surface area contributed by atoms with Gasteiger partial charge in [-0.05, 0) is 25.5 Å². The van der Waals surface area contributed by atoms with Crippen LogP contribution in [0.4, 0.5) is 0 Å². The van der Waals surface area contributed by atoms with E-state index in [9.17, 15) is 8.42 Å². The molecular weight excluding hydrogens is 242 g/mol. The first-order valence-corrected chi connectivity index (χ1v) is 6.88. The Morgan fingerprint density at radius 2 is 1.88 bits per heavy atom. The van der Waals surface area contributed by atoms with Crippen LogP contribution in [-0.4, -0.2) is 40.2 Å². The van der Waals surface area contributed by atoms with Crippen molar-refractivity contribution >= 4 is 15.7 Å². The van der Waals surface area contributed by atoms with E-state index in [1.165, 1.54) is 7.11 Å². The monoisotopic (exact) mass is 259 g/mol. The highest BCUT2D eigenvalue weighted by Gasteiger charge is 2.35. The van der Waals surface area contributed by atoms with Crippen molar-refractivity contribution in [2.24, 2.45) is 4.40 Å². The van der Waals surface area contributed by atoms with E-state index < -0.39 is 15.6 Å². The molecule has 0 spiro atoms. The highest BCUT2D eigenvalue weighted by atomic mass is 32.2. The van der Waals surface area contributed by atoms with Gasteiger partial charge in [0.1, 0.15) is 11.4 Å². The molecule has 0 N–H and O–H groups in total. The van der Waals surface area contributed by atoms with E-state index in [1.54, 1.807) is 19.3 Å². The molecule has 0 saturated carbocycles. The predicted octanol–water partition coefficient (Wildman–Crippen LogP) is 1.28. The van der Waals surface area contributed by atoms with Crippen LogP contribution in [0.1, 0.15) is 13.8 Å². The summed E-state index contributed by atoms with van der Waals surface area (Å²) >= 11 is 0.